The van der Waals surface area contributed by atoms with E-state index >= 15 is 0 Å². The molecule has 0 aliphatic heterocycles. The van der Waals surface area contributed by atoms with E-state index in [0.29, 0.717) is 12.2 Å². The van der Waals surface area contributed by atoms with Crippen LogP contribution in [0.15, 0.2) is 36.5 Å². The Hall–Kier alpha value is -2.30. The first-order chi connectivity index (χ1) is 9.76. The van der Waals surface area contributed by atoms with Gasteiger partial charge in [0.05, 0.1) is 7.11 Å². The average Bonchev–Trinajstić information content (AvgIpc) is 2.94. The number of hydrogen-bond acceptors (Lipinski definition) is 3. The second-order valence-electron chi connectivity index (χ2n) is 4.43. The van der Waals surface area contributed by atoms with Crippen LogP contribution in [0.2, 0.25) is 0 Å². The number of ether oxygens (including phenoxy) is 1. The molecule has 1 aromatic heterocycles. The molecular formula is C15H19N3O2. The van der Waals surface area contributed by atoms with Gasteiger partial charge in [0.1, 0.15) is 11.4 Å². The van der Waals surface area contributed by atoms with Crippen LogP contribution in [-0.2, 0) is 13.1 Å². The number of carbonyl (C=O) groups excluding carboxylic acids is 1. The Balaban J connectivity index is 2.03. The molecule has 0 bridgehead atoms. The summed E-state index contributed by atoms with van der Waals surface area (Å²) in [6, 6.07) is 9.37. The summed E-state index contributed by atoms with van der Waals surface area (Å²) in [5, 5.41) is 7.04. The van der Waals surface area contributed by atoms with Gasteiger partial charge in [-0.05, 0) is 18.6 Å². The minimum absolute atomic E-state index is 0.123. The molecular weight excluding hydrogens is 254 g/mol. The number of carbonyl (C=O) groups is 1. The lowest BCUT2D eigenvalue weighted by Crippen LogP contribution is -2.26. The van der Waals surface area contributed by atoms with Crippen molar-refractivity contribution in [3.63, 3.8) is 0 Å². The molecule has 106 valence electrons. The van der Waals surface area contributed by atoms with E-state index in [1.807, 2.05) is 24.3 Å². The fourth-order valence-corrected chi connectivity index (χ4v) is 2.03. The van der Waals surface area contributed by atoms with Crippen LogP contribution in [0, 0.1) is 0 Å². The summed E-state index contributed by atoms with van der Waals surface area (Å²) in [6.45, 7) is 3.22. The van der Waals surface area contributed by atoms with Crippen LogP contribution in [0.3, 0.4) is 0 Å². The van der Waals surface area contributed by atoms with Crippen LogP contribution in [0.4, 0.5) is 0 Å². The Morgan fingerprint density at radius 1 is 1.35 bits per heavy atom. The third-order valence-corrected chi connectivity index (χ3v) is 3.02. The van der Waals surface area contributed by atoms with E-state index in [0.717, 1.165) is 24.3 Å². The number of hydrogen-bond donors (Lipinski definition) is 1. The minimum Gasteiger partial charge on any atom is -0.496 e. The van der Waals surface area contributed by atoms with Crippen molar-refractivity contribution in [1.29, 1.82) is 0 Å². The fourth-order valence-electron chi connectivity index (χ4n) is 2.03. The van der Waals surface area contributed by atoms with Crippen molar-refractivity contribution in [2.75, 3.05) is 7.11 Å². The van der Waals surface area contributed by atoms with Crippen molar-refractivity contribution in [3.05, 3.63) is 47.8 Å². The number of nitrogens with zero attached hydrogens (tertiary/aromatic N) is 2. The van der Waals surface area contributed by atoms with Gasteiger partial charge in [-0.3, -0.25) is 9.48 Å². The van der Waals surface area contributed by atoms with Crippen LogP contribution in [0.5, 0.6) is 5.75 Å². The summed E-state index contributed by atoms with van der Waals surface area (Å²) in [5.41, 5.74) is 1.53. The van der Waals surface area contributed by atoms with Gasteiger partial charge in [0, 0.05) is 24.8 Å². The van der Waals surface area contributed by atoms with Gasteiger partial charge in [0.25, 0.3) is 5.91 Å². The molecule has 2 rings (SSSR count). The molecule has 0 saturated heterocycles. The highest BCUT2D eigenvalue weighted by Gasteiger charge is 2.12. The van der Waals surface area contributed by atoms with E-state index in [1.54, 1.807) is 24.1 Å². The van der Waals surface area contributed by atoms with Gasteiger partial charge in [-0.15, -0.1) is 0 Å². The molecule has 0 unspecified atom stereocenters. The number of rotatable bonds is 6. The van der Waals surface area contributed by atoms with Crippen molar-refractivity contribution in [2.45, 2.75) is 26.4 Å². The first-order valence-electron chi connectivity index (χ1n) is 6.68. The second kappa shape index (κ2) is 6.75. The maximum absolute atomic E-state index is 12.2. The lowest BCUT2D eigenvalue weighted by molar-refractivity contribution is 0.0939. The Kier molecular flexibility index (Phi) is 4.76. The van der Waals surface area contributed by atoms with Crippen molar-refractivity contribution >= 4 is 5.91 Å². The molecule has 0 radical (unpaired) electrons. The molecule has 20 heavy (non-hydrogen) atoms. The minimum atomic E-state index is -0.123. The molecule has 1 N–H and O–H groups in total. The van der Waals surface area contributed by atoms with E-state index in [-0.39, 0.29) is 5.91 Å². The van der Waals surface area contributed by atoms with Crippen LogP contribution in [0.1, 0.15) is 29.4 Å². The van der Waals surface area contributed by atoms with Crippen molar-refractivity contribution in [1.82, 2.24) is 15.1 Å². The van der Waals surface area contributed by atoms with E-state index in [2.05, 4.69) is 17.3 Å². The topological polar surface area (TPSA) is 56.2 Å². The van der Waals surface area contributed by atoms with Crippen LogP contribution in [0.25, 0.3) is 0 Å². The summed E-state index contributed by atoms with van der Waals surface area (Å²) in [7, 11) is 1.62. The summed E-state index contributed by atoms with van der Waals surface area (Å²) in [5.74, 6) is 0.650. The molecule has 2 aromatic rings. The molecule has 1 amide bonds. The van der Waals surface area contributed by atoms with Gasteiger partial charge in [0.15, 0.2) is 0 Å². The van der Waals surface area contributed by atoms with Crippen LogP contribution in [-0.4, -0.2) is 22.8 Å². The lowest BCUT2D eigenvalue weighted by Gasteiger charge is -2.10. The molecule has 5 nitrogen and oxygen atoms in total. The Labute approximate surface area is 118 Å². The smallest absolute Gasteiger partial charge is 0.269 e. The largest absolute Gasteiger partial charge is 0.496 e. The van der Waals surface area contributed by atoms with Crippen molar-refractivity contribution in [3.8, 4) is 5.75 Å². The highest BCUT2D eigenvalue weighted by atomic mass is 16.5. The molecule has 1 heterocycles. The monoisotopic (exact) mass is 273 g/mol. The number of amides is 1. The number of benzene rings is 1. The molecule has 0 saturated carbocycles. The van der Waals surface area contributed by atoms with Gasteiger partial charge in [-0.2, -0.15) is 5.10 Å². The van der Waals surface area contributed by atoms with E-state index < -0.39 is 0 Å². The fraction of sp³-hybridized carbons (Fsp3) is 0.333. The van der Waals surface area contributed by atoms with Crippen molar-refractivity contribution < 1.29 is 9.53 Å². The first-order valence-corrected chi connectivity index (χ1v) is 6.68. The Morgan fingerprint density at radius 3 is 2.90 bits per heavy atom. The second-order valence-corrected chi connectivity index (χ2v) is 4.43. The first kappa shape index (κ1) is 14.1. The van der Waals surface area contributed by atoms with Gasteiger partial charge in [-0.1, -0.05) is 25.1 Å². The Morgan fingerprint density at radius 2 is 2.15 bits per heavy atom. The summed E-state index contributed by atoms with van der Waals surface area (Å²) < 4.78 is 6.98. The maximum Gasteiger partial charge on any atom is 0.269 e. The number of aromatic nitrogens is 2. The van der Waals surface area contributed by atoms with E-state index in [1.165, 1.54) is 0 Å². The third-order valence-electron chi connectivity index (χ3n) is 3.02. The highest BCUT2D eigenvalue weighted by Crippen LogP contribution is 2.16. The van der Waals surface area contributed by atoms with Gasteiger partial charge in [0.2, 0.25) is 0 Å². The number of methoxy groups -OCH3 is 1. The zero-order chi connectivity index (χ0) is 14.4. The van der Waals surface area contributed by atoms with Crippen LogP contribution >= 0.6 is 0 Å². The normalized spacial score (nSPS) is 10.3. The summed E-state index contributed by atoms with van der Waals surface area (Å²) in [6.07, 6.45) is 2.59. The van der Waals surface area contributed by atoms with Gasteiger partial charge in [-0.25, -0.2) is 0 Å². The summed E-state index contributed by atoms with van der Waals surface area (Å²) in [4.78, 5) is 12.2. The quantitative estimate of drug-likeness (QED) is 0.878. The predicted molar refractivity (Wildman–Crippen MR) is 76.7 cm³/mol. The van der Waals surface area contributed by atoms with Gasteiger partial charge < -0.3 is 10.1 Å². The number of nitrogens with one attached hydrogen (secondary N) is 1. The highest BCUT2D eigenvalue weighted by molar-refractivity contribution is 5.92. The molecule has 0 atom stereocenters. The number of aryl methyl sites for hydroxylation is 1. The maximum atomic E-state index is 12.2. The Bertz CT molecular complexity index is 578. The predicted octanol–water partition coefficient (Wildman–Crippen LogP) is 2.23. The van der Waals surface area contributed by atoms with E-state index in [9.17, 15) is 4.79 Å². The zero-order valence-corrected chi connectivity index (χ0v) is 11.8. The molecule has 0 fully saturated rings. The zero-order valence-electron chi connectivity index (χ0n) is 11.8. The average molecular weight is 273 g/mol. The van der Waals surface area contributed by atoms with Crippen molar-refractivity contribution in [2.24, 2.45) is 0 Å². The molecule has 1 aromatic carbocycles. The molecule has 5 heteroatoms. The lowest BCUT2D eigenvalue weighted by atomic mass is 10.2. The third kappa shape index (κ3) is 3.17. The van der Waals surface area contributed by atoms with Crippen LogP contribution < -0.4 is 10.1 Å². The SMILES string of the molecule is CCCn1nccc1C(=O)NCc1ccccc1OC. The number of para-hydroxylation sites is 1. The molecule has 0 spiro atoms. The summed E-state index contributed by atoms with van der Waals surface area (Å²) >= 11 is 0. The van der Waals surface area contributed by atoms with Gasteiger partial charge >= 0.3 is 0 Å². The van der Waals surface area contributed by atoms with E-state index in [4.69, 9.17) is 4.74 Å². The standard InChI is InChI=1S/C15H19N3O2/c1-3-10-18-13(8-9-17-18)15(19)16-11-12-6-4-5-7-14(12)20-2/h4-9H,3,10-11H2,1-2H3,(H,16,19). The molecule has 0 aliphatic rings. The molecule has 0 aliphatic carbocycles.